The van der Waals surface area contributed by atoms with Crippen LogP contribution in [0.25, 0.3) is 10.9 Å². The maximum absolute atomic E-state index is 12.4. The third-order valence-corrected chi connectivity index (χ3v) is 4.81. The number of rotatable bonds is 4. The topological polar surface area (TPSA) is 85.4 Å². The predicted molar refractivity (Wildman–Crippen MR) is 107 cm³/mol. The zero-order chi connectivity index (χ0) is 19.7. The fourth-order valence-electron chi connectivity index (χ4n) is 3.01. The minimum absolute atomic E-state index is 0.0463. The Morgan fingerprint density at radius 3 is 2.89 bits per heavy atom. The molecule has 3 aromatic rings. The lowest BCUT2D eigenvalue weighted by molar-refractivity contribution is -0.127. The summed E-state index contributed by atoms with van der Waals surface area (Å²) in [5.41, 5.74) is 0.969. The van der Waals surface area contributed by atoms with Crippen LogP contribution in [0.3, 0.4) is 0 Å². The van der Waals surface area contributed by atoms with Gasteiger partial charge in [-0.05, 0) is 30.3 Å². The Morgan fingerprint density at radius 1 is 1.32 bits per heavy atom. The molecule has 1 atom stereocenters. The summed E-state index contributed by atoms with van der Waals surface area (Å²) < 4.78 is 13.6. The van der Waals surface area contributed by atoms with Crippen LogP contribution in [0.2, 0.25) is 0 Å². The van der Waals surface area contributed by atoms with Crippen molar-refractivity contribution in [2.75, 3.05) is 6.61 Å². The summed E-state index contributed by atoms with van der Waals surface area (Å²) in [7, 11) is 0. The maximum atomic E-state index is 12.4. The molecular weight excluding hydrogens is 426 g/mol. The van der Waals surface area contributed by atoms with E-state index in [2.05, 4.69) is 32.7 Å². The Kier molecular flexibility index (Phi) is 4.87. The Morgan fingerprint density at radius 2 is 2.11 bits per heavy atom. The molecule has 1 N–H and O–H groups in total. The number of hydrogen-bond donors (Lipinski definition) is 1. The first-order chi connectivity index (χ1) is 13.6. The highest BCUT2D eigenvalue weighted by molar-refractivity contribution is 9.10. The molecular formula is C20H16BrN3O4. The summed E-state index contributed by atoms with van der Waals surface area (Å²) in [6.45, 7) is 4.14. The molecule has 1 amide bonds. The number of allylic oxidation sites excluding steroid dienone is 1. The van der Waals surface area contributed by atoms with E-state index < -0.39 is 12.0 Å². The molecule has 4 rings (SSSR count). The number of fused-ring (bicyclic) bond motifs is 2. The molecule has 0 fully saturated rings. The number of aromatic nitrogens is 1. The highest BCUT2D eigenvalue weighted by Crippen LogP contribution is 2.40. The monoisotopic (exact) mass is 441 g/mol. The van der Waals surface area contributed by atoms with E-state index in [0.29, 0.717) is 23.4 Å². The van der Waals surface area contributed by atoms with Gasteiger partial charge < -0.3 is 19.1 Å². The van der Waals surface area contributed by atoms with Crippen LogP contribution in [0.5, 0.6) is 17.4 Å². The van der Waals surface area contributed by atoms with E-state index in [1.165, 1.54) is 0 Å². The van der Waals surface area contributed by atoms with Gasteiger partial charge in [-0.1, -0.05) is 34.1 Å². The minimum Gasteiger partial charge on any atom is -0.493 e. The van der Waals surface area contributed by atoms with Gasteiger partial charge in [0, 0.05) is 16.4 Å². The normalized spacial score (nSPS) is 15.8. The van der Waals surface area contributed by atoms with Gasteiger partial charge >= 0.3 is 5.91 Å². The average Bonchev–Trinajstić information content (AvgIpc) is 2.96. The number of halogens is 1. The van der Waals surface area contributed by atoms with Gasteiger partial charge in [-0.2, -0.15) is 0 Å². The molecule has 0 bridgehead atoms. The quantitative estimate of drug-likeness (QED) is 0.467. The molecule has 28 heavy (non-hydrogen) atoms. The summed E-state index contributed by atoms with van der Waals surface area (Å²) in [4.78, 5) is 12.4. The van der Waals surface area contributed by atoms with Crippen molar-refractivity contribution >= 4 is 38.4 Å². The lowest BCUT2D eigenvalue weighted by atomic mass is 10.2. The van der Waals surface area contributed by atoms with E-state index in [9.17, 15) is 9.90 Å². The lowest BCUT2D eigenvalue weighted by Crippen LogP contribution is -2.35. The van der Waals surface area contributed by atoms with Crippen molar-refractivity contribution < 1.29 is 19.4 Å². The van der Waals surface area contributed by atoms with Gasteiger partial charge in [0.15, 0.2) is 17.2 Å². The number of carbonyl (C=O) groups is 1. The number of azo groups is 1. The highest BCUT2D eigenvalue weighted by atomic mass is 79.9. The minimum atomic E-state index is -0.894. The standard InChI is InChI=1S/C20H16BrN3O4/c1-2-9-24-14-8-7-12(21)10-13(14)18(20(24)26)22-23-19(25)17-11-27-15-5-3-4-6-16(15)28-17/h2-8,10,17,26H,1,9,11H2/t17-/m0/s1. The zero-order valence-electron chi connectivity index (χ0n) is 14.7. The number of hydrogen-bond acceptors (Lipinski definition) is 5. The van der Waals surface area contributed by atoms with Crippen molar-refractivity contribution in [1.29, 1.82) is 0 Å². The van der Waals surface area contributed by atoms with Gasteiger partial charge in [-0.15, -0.1) is 16.8 Å². The van der Waals surface area contributed by atoms with Crippen LogP contribution in [0.4, 0.5) is 5.69 Å². The average molecular weight is 442 g/mol. The van der Waals surface area contributed by atoms with Crippen molar-refractivity contribution in [2.45, 2.75) is 12.6 Å². The molecule has 7 nitrogen and oxygen atoms in total. The second-order valence-electron chi connectivity index (χ2n) is 6.14. The molecule has 1 aliphatic heterocycles. The zero-order valence-corrected chi connectivity index (χ0v) is 16.3. The van der Waals surface area contributed by atoms with Crippen LogP contribution in [-0.4, -0.2) is 28.3 Å². The van der Waals surface area contributed by atoms with Crippen molar-refractivity contribution in [3.63, 3.8) is 0 Å². The Balaban J connectivity index is 1.64. The second-order valence-corrected chi connectivity index (χ2v) is 7.05. The Bertz CT molecular complexity index is 1110. The summed E-state index contributed by atoms with van der Waals surface area (Å²) in [6.07, 6.45) is 0.770. The molecule has 1 aromatic heterocycles. The summed E-state index contributed by atoms with van der Waals surface area (Å²) in [5.74, 6) is 0.388. The van der Waals surface area contributed by atoms with Crippen LogP contribution >= 0.6 is 15.9 Å². The van der Waals surface area contributed by atoms with Gasteiger partial charge in [0.05, 0.1) is 5.52 Å². The molecule has 142 valence electrons. The number of ether oxygens (including phenoxy) is 2. The van der Waals surface area contributed by atoms with E-state index in [4.69, 9.17) is 9.47 Å². The molecule has 8 heteroatoms. The number of nitrogens with zero attached hydrogens (tertiary/aromatic N) is 3. The summed E-state index contributed by atoms with van der Waals surface area (Å²) in [6, 6.07) is 12.6. The number of amides is 1. The maximum Gasteiger partial charge on any atom is 0.308 e. The third kappa shape index (κ3) is 3.27. The molecule has 1 aliphatic rings. The second kappa shape index (κ2) is 7.47. The SMILES string of the molecule is C=CCn1c(O)c(N=NC(=O)[C@@H]2COc3ccccc3O2)c2cc(Br)ccc21. The van der Waals surface area contributed by atoms with E-state index in [1.807, 2.05) is 24.3 Å². The fourth-order valence-corrected chi connectivity index (χ4v) is 3.37. The number of benzene rings is 2. The molecule has 0 spiro atoms. The van der Waals surface area contributed by atoms with Crippen LogP contribution < -0.4 is 9.47 Å². The van der Waals surface area contributed by atoms with E-state index >= 15 is 0 Å². The van der Waals surface area contributed by atoms with E-state index in [-0.39, 0.29) is 18.2 Å². The predicted octanol–water partition coefficient (Wildman–Crippen LogP) is 4.75. The smallest absolute Gasteiger partial charge is 0.308 e. The van der Waals surface area contributed by atoms with Crippen LogP contribution in [-0.2, 0) is 11.3 Å². The number of carbonyl (C=O) groups excluding carboxylic acids is 1. The molecule has 0 aliphatic carbocycles. The first-order valence-electron chi connectivity index (χ1n) is 8.54. The van der Waals surface area contributed by atoms with Gasteiger partial charge in [0.1, 0.15) is 6.61 Å². The first kappa shape index (κ1) is 18.2. The van der Waals surface area contributed by atoms with Gasteiger partial charge in [-0.3, -0.25) is 4.79 Å². The van der Waals surface area contributed by atoms with E-state index in [0.717, 1.165) is 9.99 Å². The lowest BCUT2D eigenvalue weighted by Gasteiger charge is -2.23. The largest absolute Gasteiger partial charge is 0.493 e. The molecule has 0 unspecified atom stereocenters. The molecule has 2 heterocycles. The molecule has 0 radical (unpaired) electrons. The Labute approximate surface area is 169 Å². The first-order valence-corrected chi connectivity index (χ1v) is 9.33. The molecule has 0 saturated carbocycles. The molecule has 0 saturated heterocycles. The van der Waals surface area contributed by atoms with Crippen LogP contribution in [0, 0.1) is 0 Å². The summed E-state index contributed by atoms with van der Waals surface area (Å²) >= 11 is 3.41. The van der Waals surface area contributed by atoms with Crippen molar-refractivity contribution in [2.24, 2.45) is 10.2 Å². The fraction of sp³-hybridized carbons (Fsp3) is 0.150. The van der Waals surface area contributed by atoms with Gasteiger partial charge in [0.2, 0.25) is 12.0 Å². The van der Waals surface area contributed by atoms with Crippen molar-refractivity contribution in [3.8, 4) is 17.4 Å². The number of para-hydroxylation sites is 2. The van der Waals surface area contributed by atoms with E-state index in [1.54, 1.807) is 28.8 Å². The van der Waals surface area contributed by atoms with Crippen LogP contribution in [0.1, 0.15) is 0 Å². The van der Waals surface area contributed by atoms with Gasteiger partial charge in [-0.25, -0.2) is 0 Å². The van der Waals surface area contributed by atoms with Crippen molar-refractivity contribution in [1.82, 2.24) is 4.57 Å². The number of aromatic hydroxyl groups is 1. The van der Waals surface area contributed by atoms with Crippen LogP contribution in [0.15, 0.2) is 69.8 Å². The Hall–Kier alpha value is -3.13. The summed E-state index contributed by atoms with van der Waals surface area (Å²) in [5, 5.41) is 19.0. The third-order valence-electron chi connectivity index (χ3n) is 4.32. The van der Waals surface area contributed by atoms with Gasteiger partial charge in [0.25, 0.3) is 0 Å². The molecule has 2 aromatic carbocycles. The highest BCUT2D eigenvalue weighted by Gasteiger charge is 2.27. The van der Waals surface area contributed by atoms with Crippen molar-refractivity contribution in [3.05, 3.63) is 59.6 Å².